The monoisotopic (exact) mass is 301 g/mol. The maximum absolute atomic E-state index is 5.96. The molecule has 0 aliphatic carbocycles. The number of H-pyrrole nitrogens is 1. The number of nitrogens with zero attached hydrogens (tertiary/aromatic N) is 2. The van der Waals surface area contributed by atoms with Crippen molar-refractivity contribution >= 4 is 35.0 Å². The molecule has 0 atom stereocenters. The van der Waals surface area contributed by atoms with E-state index < -0.39 is 0 Å². The minimum Gasteiger partial charge on any atom is -0.262 e. The average Bonchev–Trinajstić information content (AvgIpc) is 2.79. The van der Waals surface area contributed by atoms with E-state index in [1.54, 1.807) is 17.8 Å². The van der Waals surface area contributed by atoms with Crippen molar-refractivity contribution in [3.63, 3.8) is 0 Å². The number of hydrogen-bond donors (Lipinski definition) is 1. The third kappa shape index (κ3) is 3.40. The largest absolute Gasteiger partial charge is 0.262 e. The van der Waals surface area contributed by atoms with E-state index >= 15 is 0 Å². The highest BCUT2D eigenvalue weighted by Crippen LogP contribution is 2.26. The first-order valence-electron chi connectivity index (χ1n) is 5.55. The first kappa shape index (κ1) is 13.7. The van der Waals surface area contributed by atoms with Gasteiger partial charge in [0.15, 0.2) is 0 Å². The van der Waals surface area contributed by atoms with Gasteiger partial charge in [0.25, 0.3) is 0 Å². The highest BCUT2D eigenvalue weighted by Gasteiger charge is 2.07. The number of benzene rings is 1. The fourth-order valence-corrected chi connectivity index (χ4v) is 2.43. The highest BCUT2D eigenvalue weighted by atomic mass is 35.5. The van der Waals surface area contributed by atoms with Gasteiger partial charge in [0.2, 0.25) is 5.16 Å². The quantitative estimate of drug-likeness (QED) is 0.844. The summed E-state index contributed by atoms with van der Waals surface area (Å²) in [6.07, 6.45) is 0. The van der Waals surface area contributed by atoms with E-state index in [0.29, 0.717) is 16.0 Å². The molecule has 3 nitrogen and oxygen atoms in total. The SMILES string of the molecule is CC(C)c1nc(SCc2ccc(Cl)c(Cl)c2)n[nH]1. The van der Waals surface area contributed by atoms with Crippen LogP contribution in [0.5, 0.6) is 0 Å². The van der Waals surface area contributed by atoms with Gasteiger partial charge < -0.3 is 0 Å². The van der Waals surface area contributed by atoms with E-state index in [2.05, 4.69) is 29.0 Å². The van der Waals surface area contributed by atoms with Crippen LogP contribution >= 0.6 is 35.0 Å². The van der Waals surface area contributed by atoms with Crippen molar-refractivity contribution in [3.05, 3.63) is 39.6 Å². The molecule has 0 saturated carbocycles. The van der Waals surface area contributed by atoms with Crippen molar-refractivity contribution in [2.75, 3.05) is 0 Å². The van der Waals surface area contributed by atoms with E-state index in [1.165, 1.54) is 0 Å². The summed E-state index contributed by atoms with van der Waals surface area (Å²) in [5.74, 6) is 2.04. The molecular weight excluding hydrogens is 289 g/mol. The summed E-state index contributed by atoms with van der Waals surface area (Å²) in [6, 6.07) is 5.63. The number of nitrogens with one attached hydrogen (secondary N) is 1. The van der Waals surface area contributed by atoms with Crippen LogP contribution in [0.4, 0.5) is 0 Å². The zero-order valence-corrected chi connectivity index (χ0v) is 12.4. The first-order valence-corrected chi connectivity index (χ1v) is 7.29. The van der Waals surface area contributed by atoms with E-state index in [4.69, 9.17) is 23.2 Å². The van der Waals surface area contributed by atoms with Crippen LogP contribution in [0, 0.1) is 0 Å². The summed E-state index contributed by atoms with van der Waals surface area (Å²) in [4.78, 5) is 4.40. The lowest BCUT2D eigenvalue weighted by atomic mass is 10.2. The molecule has 2 aromatic rings. The summed E-state index contributed by atoms with van der Waals surface area (Å²) in [6.45, 7) is 4.15. The van der Waals surface area contributed by atoms with Gasteiger partial charge in [0.05, 0.1) is 10.0 Å². The molecule has 0 aliphatic heterocycles. The van der Waals surface area contributed by atoms with Crippen LogP contribution in [0.3, 0.4) is 0 Å². The molecule has 2 rings (SSSR count). The molecule has 1 N–H and O–H groups in total. The van der Waals surface area contributed by atoms with Crippen LogP contribution in [-0.4, -0.2) is 15.2 Å². The molecule has 1 heterocycles. The second kappa shape index (κ2) is 5.95. The molecule has 0 aliphatic rings. The molecular formula is C12H13Cl2N3S. The first-order chi connectivity index (χ1) is 8.56. The van der Waals surface area contributed by atoms with Crippen LogP contribution in [0.25, 0.3) is 0 Å². The van der Waals surface area contributed by atoms with Gasteiger partial charge in [-0.15, -0.1) is 5.10 Å². The van der Waals surface area contributed by atoms with Crippen molar-refractivity contribution < 1.29 is 0 Å². The van der Waals surface area contributed by atoms with Crippen molar-refractivity contribution in [1.82, 2.24) is 15.2 Å². The second-order valence-corrected chi connectivity index (χ2v) is 5.95. The van der Waals surface area contributed by atoms with Crippen LogP contribution in [0.2, 0.25) is 10.0 Å². The average molecular weight is 302 g/mol. The molecule has 18 heavy (non-hydrogen) atoms. The van der Waals surface area contributed by atoms with Crippen LogP contribution in [-0.2, 0) is 5.75 Å². The molecule has 0 radical (unpaired) electrons. The second-order valence-electron chi connectivity index (χ2n) is 4.20. The summed E-state index contributed by atoms with van der Waals surface area (Å²) >= 11 is 13.4. The lowest BCUT2D eigenvalue weighted by Gasteiger charge is -2.01. The Hall–Kier alpha value is -0.710. The molecule has 0 bridgehead atoms. The number of thioether (sulfide) groups is 1. The Morgan fingerprint density at radius 1 is 1.28 bits per heavy atom. The summed E-state index contributed by atoms with van der Waals surface area (Å²) in [5, 5.41) is 9.00. The third-order valence-corrected chi connectivity index (χ3v) is 4.04. The summed E-state index contributed by atoms with van der Waals surface area (Å²) < 4.78 is 0. The fourth-order valence-electron chi connectivity index (χ4n) is 1.36. The van der Waals surface area contributed by atoms with E-state index in [1.807, 2.05) is 12.1 Å². The smallest absolute Gasteiger partial charge is 0.208 e. The van der Waals surface area contributed by atoms with Crippen molar-refractivity contribution in [3.8, 4) is 0 Å². The van der Waals surface area contributed by atoms with E-state index in [9.17, 15) is 0 Å². The Morgan fingerprint density at radius 2 is 2.06 bits per heavy atom. The molecule has 1 aromatic carbocycles. The molecule has 6 heteroatoms. The Balaban J connectivity index is 2.00. The molecule has 0 spiro atoms. The highest BCUT2D eigenvalue weighted by molar-refractivity contribution is 7.98. The number of aromatic amines is 1. The van der Waals surface area contributed by atoms with Crippen LogP contribution in [0.1, 0.15) is 31.2 Å². The zero-order valence-electron chi connectivity index (χ0n) is 10.1. The van der Waals surface area contributed by atoms with Crippen LogP contribution < -0.4 is 0 Å². The Bertz CT molecular complexity index is 540. The van der Waals surface area contributed by atoms with Crippen molar-refractivity contribution in [1.29, 1.82) is 0 Å². The Kier molecular flexibility index (Phi) is 4.54. The van der Waals surface area contributed by atoms with Gasteiger partial charge in [-0.2, -0.15) is 0 Å². The Labute approximate surface area is 120 Å². The molecule has 0 amide bonds. The molecule has 0 unspecified atom stereocenters. The zero-order chi connectivity index (χ0) is 13.1. The molecule has 0 saturated heterocycles. The van der Waals surface area contributed by atoms with Gasteiger partial charge in [-0.3, -0.25) is 5.10 Å². The van der Waals surface area contributed by atoms with Crippen molar-refractivity contribution in [2.45, 2.75) is 30.7 Å². The summed E-state index contributed by atoms with van der Waals surface area (Å²) in [5.41, 5.74) is 1.10. The summed E-state index contributed by atoms with van der Waals surface area (Å²) in [7, 11) is 0. The van der Waals surface area contributed by atoms with Crippen LogP contribution in [0.15, 0.2) is 23.4 Å². The lowest BCUT2D eigenvalue weighted by molar-refractivity contribution is 0.780. The molecule has 0 fully saturated rings. The van der Waals surface area contributed by atoms with E-state index in [-0.39, 0.29) is 0 Å². The predicted molar refractivity (Wildman–Crippen MR) is 76.5 cm³/mol. The Morgan fingerprint density at radius 3 is 2.67 bits per heavy atom. The van der Waals surface area contributed by atoms with Gasteiger partial charge in [0, 0.05) is 11.7 Å². The normalized spacial score (nSPS) is 11.2. The maximum Gasteiger partial charge on any atom is 0.208 e. The topological polar surface area (TPSA) is 41.6 Å². The third-order valence-electron chi connectivity index (χ3n) is 2.38. The predicted octanol–water partition coefficient (Wildman–Crippen LogP) is 4.53. The van der Waals surface area contributed by atoms with Gasteiger partial charge in [-0.1, -0.05) is 54.9 Å². The lowest BCUT2D eigenvalue weighted by Crippen LogP contribution is -1.89. The fraction of sp³-hybridized carbons (Fsp3) is 0.333. The number of aromatic nitrogens is 3. The maximum atomic E-state index is 5.96. The molecule has 1 aromatic heterocycles. The van der Waals surface area contributed by atoms with Gasteiger partial charge in [-0.05, 0) is 17.7 Å². The number of rotatable bonds is 4. The minimum atomic E-state index is 0.358. The van der Waals surface area contributed by atoms with Gasteiger partial charge in [-0.25, -0.2) is 4.98 Å². The van der Waals surface area contributed by atoms with Crippen molar-refractivity contribution in [2.24, 2.45) is 0 Å². The van der Waals surface area contributed by atoms with E-state index in [0.717, 1.165) is 22.3 Å². The molecule has 96 valence electrons. The number of halogens is 2. The number of hydrogen-bond acceptors (Lipinski definition) is 3. The van der Waals surface area contributed by atoms with Gasteiger partial charge >= 0.3 is 0 Å². The minimum absolute atomic E-state index is 0.358. The van der Waals surface area contributed by atoms with Gasteiger partial charge in [0.1, 0.15) is 5.82 Å². The standard InChI is InChI=1S/C12H13Cl2N3S/c1-7(2)11-15-12(17-16-11)18-6-8-3-4-9(13)10(14)5-8/h3-5,7H,6H2,1-2H3,(H,15,16,17).